The van der Waals surface area contributed by atoms with Crippen LogP contribution in [-0.2, 0) is 6.42 Å². The van der Waals surface area contributed by atoms with Gasteiger partial charge in [0, 0.05) is 10.0 Å². The lowest BCUT2D eigenvalue weighted by Crippen LogP contribution is -2.29. The first-order chi connectivity index (χ1) is 9.65. The van der Waals surface area contributed by atoms with Crippen LogP contribution in [-0.4, -0.2) is 7.11 Å². The SMILES string of the molecule is COc1ccc(C(Cc2c(Cl)cccc2Cl)NN)cc1. The van der Waals surface area contributed by atoms with Crippen LogP contribution in [0.5, 0.6) is 5.75 Å². The Morgan fingerprint density at radius 3 is 2.20 bits per heavy atom. The second-order valence-corrected chi connectivity index (χ2v) is 5.21. The van der Waals surface area contributed by atoms with E-state index >= 15 is 0 Å². The Bertz CT molecular complexity index is 552. The highest BCUT2D eigenvalue weighted by atomic mass is 35.5. The van der Waals surface area contributed by atoms with E-state index in [-0.39, 0.29) is 6.04 Å². The minimum atomic E-state index is -0.0710. The number of ether oxygens (including phenoxy) is 1. The lowest BCUT2D eigenvalue weighted by atomic mass is 9.99. The van der Waals surface area contributed by atoms with Gasteiger partial charge < -0.3 is 4.74 Å². The maximum Gasteiger partial charge on any atom is 0.118 e. The number of nitrogens with one attached hydrogen (secondary N) is 1. The molecule has 0 fully saturated rings. The Kier molecular flexibility index (Phi) is 5.26. The molecule has 1 atom stereocenters. The predicted molar refractivity (Wildman–Crippen MR) is 83.2 cm³/mol. The highest BCUT2D eigenvalue weighted by molar-refractivity contribution is 6.36. The first-order valence-electron chi connectivity index (χ1n) is 6.18. The number of methoxy groups -OCH3 is 1. The normalized spacial score (nSPS) is 12.2. The van der Waals surface area contributed by atoms with E-state index in [1.165, 1.54) is 0 Å². The summed E-state index contributed by atoms with van der Waals surface area (Å²) in [5.41, 5.74) is 4.73. The van der Waals surface area contributed by atoms with Crippen LogP contribution in [0.2, 0.25) is 10.0 Å². The summed E-state index contributed by atoms with van der Waals surface area (Å²) in [7, 11) is 1.64. The standard InChI is InChI=1S/C15H16Cl2N2O/c1-20-11-7-5-10(6-8-11)15(19-18)9-12-13(16)3-2-4-14(12)17/h2-8,15,19H,9,18H2,1H3. The number of nitrogens with two attached hydrogens (primary N) is 1. The van der Waals surface area contributed by atoms with E-state index < -0.39 is 0 Å². The number of hydrazine groups is 1. The molecular formula is C15H16Cl2N2O. The Morgan fingerprint density at radius 2 is 1.70 bits per heavy atom. The minimum Gasteiger partial charge on any atom is -0.497 e. The van der Waals surface area contributed by atoms with Crippen LogP contribution < -0.4 is 16.0 Å². The third-order valence-corrected chi connectivity index (χ3v) is 3.90. The Balaban J connectivity index is 2.24. The van der Waals surface area contributed by atoms with Crippen molar-refractivity contribution in [1.29, 1.82) is 0 Å². The molecule has 0 saturated carbocycles. The second-order valence-electron chi connectivity index (χ2n) is 4.40. The van der Waals surface area contributed by atoms with Crippen molar-refractivity contribution in [2.75, 3.05) is 7.11 Å². The summed E-state index contributed by atoms with van der Waals surface area (Å²) in [6.45, 7) is 0. The number of benzene rings is 2. The van der Waals surface area contributed by atoms with Gasteiger partial charge in [-0.3, -0.25) is 11.3 Å². The van der Waals surface area contributed by atoms with E-state index in [0.717, 1.165) is 16.9 Å². The quantitative estimate of drug-likeness (QED) is 0.653. The number of hydrogen-bond donors (Lipinski definition) is 2. The zero-order valence-corrected chi connectivity index (χ0v) is 12.6. The average molecular weight is 311 g/mol. The van der Waals surface area contributed by atoms with E-state index in [1.807, 2.05) is 42.5 Å². The van der Waals surface area contributed by atoms with Gasteiger partial charge in [-0.05, 0) is 41.8 Å². The Morgan fingerprint density at radius 1 is 1.10 bits per heavy atom. The van der Waals surface area contributed by atoms with E-state index in [0.29, 0.717) is 16.5 Å². The molecule has 1 unspecified atom stereocenters. The van der Waals surface area contributed by atoms with Gasteiger partial charge >= 0.3 is 0 Å². The van der Waals surface area contributed by atoms with Crippen LogP contribution in [0.4, 0.5) is 0 Å². The van der Waals surface area contributed by atoms with Crippen LogP contribution in [0.3, 0.4) is 0 Å². The fourth-order valence-electron chi connectivity index (χ4n) is 2.04. The summed E-state index contributed by atoms with van der Waals surface area (Å²) in [6, 6.07) is 13.1. The molecule has 0 bridgehead atoms. The van der Waals surface area contributed by atoms with Gasteiger partial charge in [0.05, 0.1) is 13.2 Å². The highest BCUT2D eigenvalue weighted by Crippen LogP contribution is 2.29. The number of hydrogen-bond acceptors (Lipinski definition) is 3. The topological polar surface area (TPSA) is 47.3 Å². The van der Waals surface area contributed by atoms with Crippen molar-refractivity contribution in [3.63, 3.8) is 0 Å². The van der Waals surface area contributed by atoms with Crippen LogP contribution in [0, 0.1) is 0 Å². The molecule has 2 rings (SSSR count). The number of rotatable bonds is 5. The molecule has 0 aliphatic rings. The highest BCUT2D eigenvalue weighted by Gasteiger charge is 2.15. The average Bonchev–Trinajstić information content (AvgIpc) is 2.47. The second kappa shape index (κ2) is 6.95. The molecule has 3 nitrogen and oxygen atoms in total. The summed E-state index contributed by atoms with van der Waals surface area (Å²) >= 11 is 12.4. The van der Waals surface area contributed by atoms with Crippen LogP contribution in [0.15, 0.2) is 42.5 Å². The van der Waals surface area contributed by atoms with Crippen molar-refractivity contribution in [3.05, 3.63) is 63.6 Å². The summed E-state index contributed by atoms with van der Waals surface area (Å²) in [6.07, 6.45) is 0.612. The van der Waals surface area contributed by atoms with E-state index in [2.05, 4.69) is 5.43 Å². The fourth-order valence-corrected chi connectivity index (χ4v) is 2.59. The van der Waals surface area contributed by atoms with Crippen molar-refractivity contribution >= 4 is 23.2 Å². The molecule has 0 spiro atoms. The lowest BCUT2D eigenvalue weighted by molar-refractivity contribution is 0.414. The minimum absolute atomic E-state index is 0.0710. The lowest BCUT2D eigenvalue weighted by Gasteiger charge is -2.18. The number of halogens is 2. The zero-order valence-electron chi connectivity index (χ0n) is 11.1. The van der Waals surface area contributed by atoms with Crippen molar-refractivity contribution in [2.45, 2.75) is 12.5 Å². The Labute approximate surface area is 128 Å². The van der Waals surface area contributed by atoms with E-state index in [9.17, 15) is 0 Å². The molecular weight excluding hydrogens is 295 g/mol. The maximum absolute atomic E-state index is 6.19. The first-order valence-corrected chi connectivity index (χ1v) is 6.94. The van der Waals surface area contributed by atoms with Gasteiger partial charge in [-0.25, -0.2) is 0 Å². The molecule has 0 heterocycles. The molecule has 5 heteroatoms. The largest absolute Gasteiger partial charge is 0.497 e. The summed E-state index contributed by atoms with van der Waals surface area (Å²) in [5.74, 6) is 6.46. The van der Waals surface area contributed by atoms with Gasteiger partial charge in [0.25, 0.3) is 0 Å². The molecule has 20 heavy (non-hydrogen) atoms. The van der Waals surface area contributed by atoms with Crippen LogP contribution >= 0.6 is 23.2 Å². The molecule has 2 aromatic rings. The molecule has 0 saturated heterocycles. The van der Waals surface area contributed by atoms with Crippen molar-refractivity contribution in [1.82, 2.24) is 5.43 Å². The smallest absolute Gasteiger partial charge is 0.118 e. The maximum atomic E-state index is 6.19. The van der Waals surface area contributed by atoms with E-state index in [4.69, 9.17) is 33.8 Å². The fraction of sp³-hybridized carbons (Fsp3) is 0.200. The van der Waals surface area contributed by atoms with Crippen LogP contribution in [0.25, 0.3) is 0 Å². The molecule has 0 radical (unpaired) electrons. The Hall–Kier alpha value is -1.26. The monoisotopic (exact) mass is 310 g/mol. The van der Waals surface area contributed by atoms with Crippen molar-refractivity contribution in [3.8, 4) is 5.75 Å². The molecule has 0 amide bonds. The van der Waals surface area contributed by atoms with Crippen molar-refractivity contribution in [2.24, 2.45) is 5.84 Å². The predicted octanol–water partition coefficient (Wildman–Crippen LogP) is 3.75. The van der Waals surface area contributed by atoms with Gasteiger partial charge in [0.1, 0.15) is 5.75 Å². The van der Waals surface area contributed by atoms with Crippen molar-refractivity contribution < 1.29 is 4.74 Å². The first kappa shape index (κ1) is 15.1. The van der Waals surface area contributed by atoms with Gasteiger partial charge in [-0.15, -0.1) is 0 Å². The molecule has 3 N–H and O–H groups in total. The summed E-state index contributed by atoms with van der Waals surface area (Å²) in [4.78, 5) is 0. The van der Waals surface area contributed by atoms with Gasteiger partial charge in [-0.2, -0.15) is 0 Å². The summed E-state index contributed by atoms with van der Waals surface area (Å²) in [5, 5.41) is 1.29. The van der Waals surface area contributed by atoms with Gasteiger partial charge in [-0.1, -0.05) is 41.4 Å². The van der Waals surface area contributed by atoms with Gasteiger partial charge in [0.15, 0.2) is 0 Å². The third-order valence-electron chi connectivity index (χ3n) is 3.19. The molecule has 0 aliphatic heterocycles. The van der Waals surface area contributed by atoms with Gasteiger partial charge in [0.2, 0.25) is 0 Å². The molecule has 0 aliphatic carbocycles. The molecule has 2 aromatic carbocycles. The molecule has 106 valence electrons. The molecule has 0 aromatic heterocycles. The third kappa shape index (κ3) is 3.44. The van der Waals surface area contributed by atoms with Crippen LogP contribution in [0.1, 0.15) is 17.2 Å². The van der Waals surface area contributed by atoms with E-state index in [1.54, 1.807) is 7.11 Å². The summed E-state index contributed by atoms with van der Waals surface area (Å²) < 4.78 is 5.15. The zero-order chi connectivity index (χ0) is 14.5.